The number of nitrogens with two attached hydrogens (primary N) is 1. The van der Waals surface area contributed by atoms with Crippen molar-refractivity contribution in [3.63, 3.8) is 0 Å². The van der Waals surface area contributed by atoms with Gasteiger partial charge in [-0.1, -0.05) is 30.3 Å². The molecule has 0 bridgehead atoms. The lowest BCUT2D eigenvalue weighted by Crippen LogP contribution is -3.10. The van der Waals surface area contributed by atoms with E-state index in [4.69, 9.17) is 5.73 Å². The molecule has 4 rings (SSSR count). The van der Waals surface area contributed by atoms with Gasteiger partial charge in [-0.2, -0.15) is 0 Å². The minimum Gasteiger partial charge on any atom is -0.369 e. The molecule has 1 unspecified atom stereocenters. The Morgan fingerprint density at radius 2 is 2.12 bits per heavy atom. The molecule has 128 valence electrons. The number of amides is 1. The lowest BCUT2D eigenvalue weighted by atomic mass is 10.0. The van der Waals surface area contributed by atoms with E-state index >= 15 is 0 Å². The molecule has 1 aliphatic heterocycles. The molecule has 0 radical (unpaired) electrons. The summed E-state index contributed by atoms with van der Waals surface area (Å²) in [5.74, 6) is -0.153. The zero-order valence-corrected chi connectivity index (χ0v) is 14.5. The number of thiophene rings is 1. The number of primary amides is 1. The number of benzene rings is 1. The van der Waals surface area contributed by atoms with Crippen LogP contribution in [0.4, 0.5) is 0 Å². The van der Waals surface area contributed by atoms with E-state index in [1.54, 1.807) is 11.3 Å². The Kier molecular flexibility index (Phi) is 4.10. The fourth-order valence-corrected chi connectivity index (χ4v) is 4.77. The Labute approximate surface area is 148 Å². The number of rotatable bonds is 4. The Morgan fingerprint density at radius 3 is 2.88 bits per heavy atom. The lowest BCUT2D eigenvalue weighted by Gasteiger charge is -2.23. The van der Waals surface area contributed by atoms with Gasteiger partial charge in [0.05, 0.1) is 23.2 Å². The summed E-state index contributed by atoms with van der Waals surface area (Å²) in [5.41, 5.74) is 7.49. The molecule has 0 aliphatic carbocycles. The average Bonchev–Trinajstić information content (AvgIpc) is 2.93. The van der Waals surface area contributed by atoms with Crippen LogP contribution in [0.25, 0.3) is 10.2 Å². The fraction of sp³-hybridized carbons (Fsp3) is 0.278. The number of nitrogens with one attached hydrogen (secondary N) is 2. The van der Waals surface area contributed by atoms with E-state index in [1.807, 2.05) is 6.07 Å². The number of hydrogen-bond donors (Lipinski definition) is 3. The Bertz CT molecular complexity index is 993. The number of hydrogen-bond acceptors (Lipinski definition) is 4. The molecule has 1 aliphatic rings. The molecular formula is C18H19N4O2S+. The largest absolute Gasteiger partial charge is 0.369 e. The second kappa shape index (κ2) is 6.42. The Hall–Kier alpha value is -2.51. The highest BCUT2D eigenvalue weighted by atomic mass is 32.1. The maximum Gasteiger partial charge on any atom is 0.259 e. The van der Waals surface area contributed by atoms with Crippen molar-refractivity contribution >= 4 is 27.5 Å². The molecule has 0 saturated carbocycles. The molecule has 4 N–H and O–H groups in total. The molecule has 3 heterocycles. The van der Waals surface area contributed by atoms with Crippen LogP contribution in [-0.2, 0) is 30.7 Å². The highest BCUT2D eigenvalue weighted by molar-refractivity contribution is 7.18. The summed E-state index contributed by atoms with van der Waals surface area (Å²) in [6.07, 6.45) is 0.830. The van der Waals surface area contributed by atoms with Crippen molar-refractivity contribution in [2.75, 3.05) is 6.54 Å². The topological polar surface area (TPSA) is 93.3 Å². The molecule has 2 aromatic heterocycles. The third-order valence-corrected chi connectivity index (χ3v) is 5.70. The number of carbonyl (C=O) groups is 1. The minimum absolute atomic E-state index is 0.0425. The zero-order chi connectivity index (χ0) is 17.4. The number of fused-ring (bicyclic) bond motifs is 3. The van der Waals surface area contributed by atoms with Crippen LogP contribution in [-0.4, -0.2) is 22.4 Å². The average molecular weight is 355 g/mol. The van der Waals surface area contributed by atoms with Crippen LogP contribution in [0.5, 0.6) is 0 Å². The van der Waals surface area contributed by atoms with Gasteiger partial charge >= 0.3 is 0 Å². The molecule has 1 aromatic carbocycles. The van der Waals surface area contributed by atoms with Gasteiger partial charge < -0.3 is 15.6 Å². The van der Waals surface area contributed by atoms with Crippen molar-refractivity contribution in [3.8, 4) is 0 Å². The zero-order valence-electron chi connectivity index (χ0n) is 13.7. The number of aromatic amines is 1. The van der Waals surface area contributed by atoms with Crippen molar-refractivity contribution in [2.45, 2.75) is 25.9 Å². The molecule has 1 amide bonds. The maximum atomic E-state index is 12.4. The molecule has 3 aromatic rings. The van der Waals surface area contributed by atoms with Crippen molar-refractivity contribution < 1.29 is 9.69 Å². The van der Waals surface area contributed by atoms with Crippen LogP contribution in [0.2, 0.25) is 0 Å². The van der Waals surface area contributed by atoms with Crippen LogP contribution in [0.3, 0.4) is 0 Å². The number of carbonyl (C=O) groups excluding carboxylic acids is 1. The van der Waals surface area contributed by atoms with Crippen molar-refractivity contribution in [2.24, 2.45) is 5.73 Å². The second-order valence-electron chi connectivity index (χ2n) is 6.43. The molecule has 0 spiro atoms. The fourth-order valence-electron chi connectivity index (χ4n) is 3.46. The smallest absolute Gasteiger partial charge is 0.259 e. The predicted octanol–water partition coefficient (Wildman–Crippen LogP) is 0.154. The third kappa shape index (κ3) is 3.20. The van der Waals surface area contributed by atoms with Gasteiger partial charge in [0.1, 0.15) is 23.7 Å². The molecule has 1 atom stereocenters. The van der Waals surface area contributed by atoms with E-state index in [2.05, 4.69) is 34.2 Å². The van der Waals surface area contributed by atoms with Crippen LogP contribution in [0, 0.1) is 0 Å². The highest BCUT2D eigenvalue weighted by Gasteiger charge is 2.26. The minimum atomic E-state index is -0.498. The third-order valence-electron chi connectivity index (χ3n) is 4.57. The molecule has 7 heteroatoms. The van der Waals surface area contributed by atoms with Crippen molar-refractivity contribution in [1.82, 2.24) is 9.97 Å². The summed E-state index contributed by atoms with van der Waals surface area (Å²) in [6.45, 7) is 2.87. The molecular weight excluding hydrogens is 336 g/mol. The standard InChI is InChI=1S/C18H18N4O2S/c19-14(23)8-15-20-17(24)16-12-6-7-22(9-11-4-2-1-3-5-11)10-13(12)25-18(16)21-15/h1-5H,6-10H2,(H2,19,23)(H,20,21,24)/p+1. The summed E-state index contributed by atoms with van der Waals surface area (Å²) in [7, 11) is 0. The quantitative estimate of drug-likeness (QED) is 0.622. The summed E-state index contributed by atoms with van der Waals surface area (Å²) < 4.78 is 0. The van der Waals surface area contributed by atoms with E-state index in [0.717, 1.165) is 31.6 Å². The van der Waals surface area contributed by atoms with Crippen LogP contribution < -0.4 is 16.2 Å². The normalized spacial score (nSPS) is 16.7. The summed E-state index contributed by atoms with van der Waals surface area (Å²) in [4.78, 5) is 34.1. The monoisotopic (exact) mass is 355 g/mol. The first-order chi connectivity index (χ1) is 12.1. The van der Waals surface area contributed by atoms with Crippen molar-refractivity contribution in [1.29, 1.82) is 0 Å². The van der Waals surface area contributed by atoms with E-state index in [-0.39, 0.29) is 12.0 Å². The van der Waals surface area contributed by atoms with Crippen LogP contribution in [0.15, 0.2) is 35.1 Å². The Balaban J connectivity index is 1.64. The van der Waals surface area contributed by atoms with Gasteiger partial charge in [0.15, 0.2) is 0 Å². The summed E-state index contributed by atoms with van der Waals surface area (Å²) in [6, 6.07) is 10.5. The molecule has 25 heavy (non-hydrogen) atoms. The van der Waals surface area contributed by atoms with E-state index in [1.165, 1.54) is 15.3 Å². The molecule has 0 fully saturated rings. The van der Waals surface area contributed by atoms with Gasteiger partial charge in [0.2, 0.25) is 5.91 Å². The van der Waals surface area contributed by atoms with E-state index < -0.39 is 5.91 Å². The first kappa shape index (κ1) is 16.0. The van der Waals surface area contributed by atoms with Gasteiger partial charge in [-0.25, -0.2) is 4.98 Å². The first-order valence-corrected chi connectivity index (χ1v) is 9.11. The number of nitrogens with zero attached hydrogens (tertiary/aromatic N) is 1. The van der Waals surface area contributed by atoms with Crippen LogP contribution in [0.1, 0.15) is 21.8 Å². The van der Waals surface area contributed by atoms with Gasteiger partial charge in [-0.05, 0) is 5.56 Å². The van der Waals surface area contributed by atoms with Gasteiger partial charge in [0, 0.05) is 12.0 Å². The molecule has 0 saturated heterocycles. The Morgan fingerprint density at radius 1 is 1.32 bits per heavy atom. The number of H-pyrrole nitrogens is 1. The SMILES string of the molecule is NC(=O)Cc1nc2sc3c(c2c(=O)[nH]1)CC[NH+](Cc1ccccc1)C3. The predicted molar refractivity (Wildman–Crippen MR) is 96.5 cm³/mol. The summed E-state index contributed by atoms with van der Waals surface area (Å²) in [5, 5.41) is 0.687. The number of quaternary nitrogens is 1. The second-order valence-corrected chi connectivity index (χ2v) is 7.51. The van der Waals surface area contributed by atoms with Gasteiger partial charge in [-0.15, -0.1) is 11.3 Å². The summed E-state index contributed by atoms with van der Waals surface area (Å²) >= 11 is 1.57. The maximum absolute atomic E-state index is 12.4. The van der Waals surface area contributed by atoms with Crippen molar-refractivity contribution in [3.05, 3.63) is 62.5 Å². The van der Waals surface area contributed by atoms with Gasteiger partial charge in [0.25, 0.3) is 5.56 Å². The van der Waals surface area contributed by atoms with E-state index in [0.29, 0.717) is 16.0 Å². The number of aromatic nitrogens is 2. The van der Waals surface area contributed by atoms with Gasteiger partial charge in [-0.3, -0.25) is 9.59 Å². The highest BCUT2D eigenvalue weighted by Crippen LogP contribution is 2.29. The van der Waals surface area contributed by atoms with Crippen LogP contribution >= 0.6 is 11.3 Å². The van der Waals surface area contributed by atoms with E-state index in [9.17, 15) is 9.59 Å². The first-order valence-electron chi connectivity index (χ1n) is 8.29. The lowest BCUT2D eigenvalue weighted by molar-refractivity contribution is -0.929. The molecule has 6 nitrogen and oxygen atoms in total.